The quantitative estimate of drug-likeness (QED) is 0.152. The predicted molar refractivity (Wildman–Crippen MR) is 344 cm³/mol. The zero-order valence-electron chi connectivity index (χ0n) is 45.8. The molecule has 0 aliphatic heterocycles. The van der Waals surface area contributed by atoms with E-state index in [4.69, 9.17) is 15.0 Å². The molecule has 406 valence electrons. The fourth-order valence-electron chi connectivity index (χ4n) is 13.4. The Morgan fingerprint density at radius 2 is 0.663 bits per heavy atom. The molecule has 17 aromatic rings. The van der Waals surface area contributed by atoms with Crippen LogP contribution in [-0.4, -0.2) is 33.2 Å². The molecule has 0 fully saturated rings. The number of nitrogens with zero attached hydrogens (tertiary/aromatic N) is 7. The average Bonchev–Trinajstić information content (AvgIpc) is 1.61. The van der Waals surface area contributed by atoms with E-state index in [0.717, 1.165) is 115 Å². The Balaban J connectivity index is 1.01. The van der Waals surface area contributed by atoms with Gasteiger partial charge in [0.2, 0.25) is 0 Å². The fourth-order valence-corrected chi connectivity index (χ4v) is 13.4. The minimum atomic E-state index is -4.69. The summed E-state index contributed by atoms with van der Waals surface area (Å²) in [5, 5.41) is 8.22. The van der Waals surface area contributed by atoms with Crippen LogP contribution in [0.2, 0.25) is 0 Å². The number of para-hydroxylation sites is 6. The molecule has 0 radical (unpaired) electrons. The lowest BCUT2D eigenvalue weighted by Crippen LogP contribution is -2.08. The van der Waals surface area contributed by atoms with Crippen molar-refractivity contribution < 1.29 is 13.2 Å². The van der Waals surface area contributed by atoms with Crippen molar-refractivity contribution in [2.24, 2.45) is 0 Å². The van der Waals surface area contributed by atoms with Crippen molar-refractivity contribution in [2.75, 3.05) is 0 Å². The number of fused-ring (bicyclic) bond motifs is 14. The molecule has 5 aromatic heterocycles. The third-order valence-electron chi connectivity index (χ3n) is 17.0. The molecule has 0 N–H and O–H groups in total. The van der Waals surface area contributed by atoms with Crippen LogP contribution in [0.5, 0.6) is 0 Å². The summed E-state index contributed by atoms with van der Waals surface area (Å²) in [5.41, 5.74) is 13.3. The van der Waals surface area contributed by atoms with Crippen LogP contribution in [0.25, 0.3) is 155 Å². The van der Waals surface area contributed by atoms with E-state index in [9.17, 15) is 0 Å². The maximum absolute atomic E-state index is 15.7. The van der Waals surface area contributed by atoms with E-state index in [1.165, 1.54) is 12.1 Å². The summed E-state index contributed by atoms with van der Waals surface area (Å²) in [6, 6.07) is 92.7. The molecular weight excluding hydrogens is 1070 g/mol. The second-order valence-electron chi connectivity index (χ2n) is 21.8. The van der Waals surface area contributed by atoms with Crippen molar-refractivity contribution in [2.45, 2.75) is 6.18 Å². The Bertz CT molecular complexity index is 5510. The molecule has 0 spiro atoms. The molecule has 12 aromatic carbocycles. The third-order valence-corrected chi connectivity index (χ3v) is 17.0. The van der Waals surface area contributed by atoms with Gasteiger partial charge in [-0.25, -0.2) is 15.0 Å². The van der Waals surface area contributed by atoms with Crippen LogP contribution >= 0.6 is 0 Å². The van der Waals surface area contributed by atoms with Gasteiger partial charge in [-0.2, -0.15) is 13.2 Å². The first-order valence-electron chi connectivity index (χ1n) is 28.6. The molecule has 5 heterocycles. The zero-order valence-corrected chi connectivity index (χ0v) is 45.8. The van der Waals surface area contributed by atoms with E-state index < -0.39 is 11.7 Å². The topological polar surface area (TPSA) is 58.4 Å². The fraction of sp³-hybridized carbons (Fsp3) is 0.0132. The van der Waals surface area contributed by atoms with Gasteiger partial charge in [0.15, 0.2) is 17.5 Å². The lowest BCUT2D eigenvalue weighted by Gasteiger charge is -2.21. The lowest BCUT2D eigenvalue weighted by molar-refractivity contribution is -0.137. The molecule has 0 atom stereocenters. The van der Waals surface area contributed by atoms with Gasteiger partial charge in [-0.05, 0) is 91.0 Å². The summed E-state index contributed by atoms with van der Waals surface area (Å²) in [6.07, 6.45) is -4.69. The van der Waals surface area contributed by atoms with Gasteiger partial charge < -0.3 is 18.3 Å². The maximum Gasteiger partial charge on any atom is 0.416 e. The van der Waals surface area contributed by atoms with Gasteiger partial charge >= 0.3 is 6.18 Å². The Kier molecular flexibility index (Phi) is 10.9. The second kappa shape index (κ2) is 19.1. The molecule has 17 rings (SSSR count). The molecule has 0 saturated heterocycles. The highest BCUT2D eigenvalue weighted by Crippen LogP contribution is 2.48. The number of halogens is 3. The molecule has 86 heavy (non-hydrogen) atoms. The highest BCUT2D eigenvalue weighted by Gasteiger charge is 2.33. The molecule has 0 unspecified atom stereocenters. The standard InChI is InChI=1S/C76H46F3N7/c77-76(78,79)50-38-39-55(68(46-50)86-64-36-20-16-32-59(64)70-67(86)44-41-57-54-30-14-18-34-62(54)84(72(57)70)52-27-11-4-12-28-52)60-45-49(75-81-73(47-21-5-1-6-22-47)80-74(82-75)48-23-7-2-8-24-48)37-42-65(60)85-63-35-19-15-31-58(63)69-66(85)43-40-56-53-29-13-17-33-61(53)83(71(56)69)51-25-9-3-10-26-51/h1-46H. The lowest BCUT2D eigenvalue weighted by atomic mass is 9.96. The summed E-state index contributed by atoms with van der Waals surface area (Å²) in [6.45, 7) is 0. The molecule has 0 aliphatic rings. The number of hydrogen-bond acceptors (Lipinski definition) is 3. The Morgan fingerprint density at radius 3 is 1.13 bits per heavy atom. The number of hydrogen-bond donors (Lipinski definition) is 0. The zero-order chi connectivity index (χ0) is 57.2. The van der Waals surface area contributed by atoms with Crippen LogP contribution in [0.3, 0.4) is 0 Å². The third kappa shape index (κ3) is 7.52. The number of benzene rings is 12. The van der Waals surface area contributed by atoms with Gasteiger partial charge in [0, 0.05) is 82.3 Å². The van der Waals surface area contributed by atoms with Crippen molar-refractivity contribution in [1.82, 2.24) is 33.2 Å². The maximum atomic E-state index is 15.7. The van der Waals surface area contributed by atoms with Crippen molar-refractivity contribution in [1.29, 1.82) is 0 Å². The first-order chi connectivity index (χ1) is 42.3. The molecular formula is C76H46F3N7. The summed E-state index contributed by atoms with van der Waals surface area (Å²) >= 11 is 0. The van der Waals surface area contributed by atoms with Gasteiger partial charge in [-0.1, -0.05) is 188 Å². The normalized spacial score (nSPS) is 12.1. The number of rotatable bonds is 8. The van der Waals surface area contributed by atoms with Crippen molar-refractivity contribution in [3.8, 4) is 68.0 Å². The number of aromatic nitrogens is 7. The summed E-state index contributed by atoms with van der Waals surface area (Å²) in [7, 11) is 0. The Morgan fingerprint density at radius 1 is 0.267 bits per heavy atom. The first kappa shape index (κ1) is 49.3. The molecule has 0 saturated carbocycles. The van der Waals surface area contributed by atoms with Crippen LogP contribution < -0.4 is 0 Å². The summed E-state index contributed by atoms with van der Waals surface area (Å²) in [5.74, 6) is 1.38. The first-order valence-corrected chi connectivity index (χ1v) is 28.6. The van der Waals surface area contributed by atoms with Crippen molar-refractivity contribution in [3.05, 3.63) is 285 Å². The molecule has 0 amide bonds. The van der Waals surface area contributed by atoms with Crippen LogP contribution in [0, 0.1) is 0 Å². The van der Waals surface area contributed by atoms with Gasteiger partial charge in [0.25, 0.3) is 0 Å². The van der Waals surface area contributed by atoms with Gasteiger partial charge in [-0.3, -0.25) is 0 Å². The van der Waals surface area contributed by atoms with Gasteiger partial charge in [0.1, 0.15) is 0 Å². The van der Waals surface area contributed by atoms with E-state index in [-0.39, 0.29) is 0 Å². The van der Waals surface area contributed by atoms with Crippen LogP contribution in [0.1, 0.15) is 5.56 Å². The molecule has 7 nitrogen and oxygen atoms in total. The van der Waals surface area contributed by atoms with Crippen LogP contribution in [0.4, 0.5) is 13.2 Å². The highest BCUT2D eigenvalue weighted by molar-refractivity contribution is 6.28. The van der Waals surface area contributed by atoms with E-state index in [1.807, 2.05) is 126 Å². The Labute approximate surface area is 490 Å². The molecule has 10 heteroatoms. The molecule has 0 bridgehead atoms. The average molecular weight is 1110 g/mol. The van der Waals surface area contributed by atoms with E-state index in [0.29, 0.717) is 39.9 Å². The van der Waals surface area contributed by atoms with Gasteiger partial charge in [0.05, 0.1) is 61.1 Å². The second-order valence-corrected chi connectivity index (χ2v) is 21.8. The monoisotopic (exact) mass is 1110 g/mol. The van der Waals surface area contributed by atoms with Crippen molar-refractivity contribution in [3.63, 3.8) is 0 Å². The van der Waals surface area contributed by atoms with E-state index >= 15 is 13.2 Å². The summed E-state index contributed by atoms with van der Waals surface area (Å²) in [4.78, 5) is 15.5. The van der Waals surface area contributed by atoms with E-state index in [2.05, 4.69) is 153 Å². The SMILES string of the molecule is FC(F)(F)c1ccc(-c2cc(-c3nc(-c4ccccc4)nc(-c4ccccc4)n3)ccc2-n2c3ccccc3c3c2ccc2c4ccccc4n(-c4ccccc4)c23)c(-n2c3ccccc3c3c2ccc2c4ccccc4n(-c4ccccc4)c23)c1. The Hall–Kier alpha value is -11.4. The minimum Gasteiger partial charge on any atom is -0.309 e. The highest BCUT2D eigenvalue weighted by atomic mass is 19.4. The van der Waals surface area contributed by atoms with E-state index in [1.54, 1.807) is 6.07 Å². The van der Waals surface area contributed by atoms with Crippen molar-refractivity contribution >= 4 is 87.2 Å². The molecule has 0 aliphatic carbocycles. The van der Waals surface area contributed by atoms with Crippen LogP contribution in [0.15, 0.2) is 279 Å². The summed E-state index contributed by atoms with van der Waals surface area (Å²) < 4.78 is 56.2. The number of alkyl halides is 3. The van der Waals surface area contributed by atoms with Gasteiger partial charge in [-0.15, -0.1) is 0 Å². The minimum absolute atomic E-state index is 0.351. The predicted octanol–water partition coefficient (Wildman–Crippen LogP) is 19.9. The van der Waals surface area contributed by atoms with Crippen LogP contribution in [-0.2, 0) is 6.18 Å². The smallest absolute Gasteiger partial charge is 0.309 e. The largest absolute Gasteiger partial charge is 0.416 e.